The molecule has 5 nitrogen and oxygen atoms in total. The number of nitrogens with zero attached hydrogens (tertiary/aromatic N) is 1. The average molecular weight is 481 g/mol. The third-order valence-electron chi connectivity index (χ3n) is 5.73. The lowest BCUT2D eigenvalue weighted by molar-refractivity contribution is -0.143. The molecule has 2 unspecified atom stereocenters. The van der Waals surface area contributed by atoms with Gasteiger partial charge in [0.15, 0.2) is 18.2 Å². The molecule has 1 N–H and O–H groups in total. The van der Waals surface area contributed by atoms with Crippen molar-refractivity contribution in [1.29, 1.82) is 0 Å². The summed E-state index contributed by atoms with van der Waals surface area (Å²) >= 11 is 0. The third-order valence-corrected chi connectivity index (χ3v) is 5.73. The van der Waals surface area contributed by atoms with Gasteiger partial charge in [0, 0.05) is 19.0 Å². The molecule has 184 valence electrons. The Balaban J connectivity index is 1.91. The molecule has 0 bridgehead atoms. The quantitative estimate of drug-likeness (QED) is 0.425. The number of halogens is 2. The van der Waals surface area contributed by atoms with Crippen molar-refractivity contribution in [3.8, 4) is 5.75 Å². The smallest absolute Gasteiger partial charge is 0.261 e. The summed E-state index contributed by atoms with van der Waals surface area (Å²) in [6.07, 6.45) is 1.00. The fourth-order valence-electron chi connectivity index (χ4n) is 3.57. The van der Waals surface area contributed by atoms with Gasteiger partial charge in [0.1, 0.15) is 11.9 Å². The lowest BCUT2D eigenvalue weighted by Gasteiger charge is -2.32. The van der Waals surface area contributed by atoms with Crippen LogP contribution < -0.4 is 10.1 Å². The van der Waals surface area contributed by atoms with Crippen LogP contribution in [0.1, 0.15) is 31.4 Å². The molecule has 0 heterocycles. The van der Waals surface area contributed by atoms with Crippen molar-refractivity contribution in [2.24, 2.45) is 0 Å². The Kier molecular flexibility index (Phi) is 9.35. The van der Waals surface area contributed by atoms with Crippen LogP contribution >= 0.6 is 0 Å². The van der Waals surface area contributed by atoms with Crippen LogP contribution in [0.5, 0.6) is 5.75 Å². The van der Waals surface area contributed by atoms with Crippen LogP contribution in [0.4, 0.5) is 8.78 Å². The molecule has 3 aromatic rings. The second kappa shape index (κ2) is 12.6. The van der Waals surface area contributed by atoms with Gasteiger partial charge >= 0.3 is 0 Å². The SMILES string of the molecule is CCC(C)NC(=O)C(Cc1ccccc1)N(Cc1ccc(F)cc1)C(=O)COc1ccccc1F. The minimum atomic E-state index is -0.854. The maximum Gasteiger partial charge on any atom is 0.261 e. The molecule has 0 aliphatic rings. The maximum absolute atomic E-state index is 14.0. The Bertz CT molecular complexity index is 1110. The zero-order chi connectivity index (χ0) is 25.2. The number of carbonyl (C=O) groups excluding carboxylic acids is 2. The summed E-state index contributed by atoms with van der Waals surface area (Å²) in [7, 11) is 0. The highest BCUT2D eigenvalue weighted by Crippen LogP contribution is 2.18. The second-order valence-electron chi connectivity index (χ2n) is 8.39. The minimum Gasteiger partial charge on any atom is -0.481 e. The van der Waals surface area contributed by atoms with Gasteiger partial charge in [0.25, 0.3) is 5.91 Å². The van der Waals surface area contributed by atoms with E-state index in [4.69, 9.17) is 4.74 Å². The van der Waals surface area contributed by atoms with E-state index in [-0.39, 0.29) is 30.7 Å². The minimum absolute atomic E-state index is 0.0498. The molecule has 2 atom stereocenters. The number of hydrogen-bond donors (Lipinski definition) is 1. The summed E-state index contributed by atoms with van der Waals surface area (Å²) in [5, 5.41) is 2.97. The molecule has 0 saturated carbocycles. The molecule has 3 rings (SSSR count). The van der Waals surface area contributed by atoms with Crippen molar-refractivity contribution in [1.82, 2.24) is 10.2 Å². The normalized spacial score (nSPS) is 12.5. The predicted molar refractivity (Wildman–Crippen MR) is 131 cm³/mol. The van der Waals surface area contributed by atoms with E-state index in [0.29, 0.717) is 5.56 Å². The molecule has 0 spiro atoms. The van der Waals surface area contributed by atoms with Gasteiger partial charge in [-0.05, 0) is 48.7 Å². The Labute approximate surface area is 204 Å². The number of hydrogen-bond acceptors (Lipinski definition) is 3. The van der Waals surface area contributed by atoms with E-state index in [9.17, 15) is 18.4 Å². The lowest BCUT2D eigenvalue weighted by Crippen LogP contribution is -2.53. The van der Waals surface area contributed by atoms with Gasteiger partial charge in [0.2, 0.25) is 5.91 Å². The zero-order valence-electron chi connectivity index (χ0n) is 19.9. The number of rotatable bonds is 11. The number of nitrogens with one attached hydrogen (secondary N) is 1. The van der Waals surface area contributed by atoms with Gasteiger partial charge in [-0.2, -0.15) is 0 Å². The Morgan fingerprint density at radius 3 is 2.23 bits per heavy atom. The van der Waals surface area contributed by atoms with E-state index in [2.05, 4.69) is 5.32 Å². The highest BCUT2D eigenvalue weighted by Gasteiger charge is 2.31. The number of amides is 2. The first-order valence-corrected chi connectivity index (χ1v) is 11.6. The van der Waals surface area contributed by atoms with Gasteiger partial charge in [0.05, 0.1) is 0 Å². The Hall–Kier alpha value is -3.74. The first kappa shape index (κ1) is 25.9. The fourth-order valence-corrected chi connectivity index (χ4v) is 3.57. The lowest BCUT2D eigenvalue weighted by atomic mass is 10.0. The molecule has 0 aliphatic heterocycles. The van der Waals surface area contributed by atoms with Crippen LogP contribution in [0, 0.1) is 11.6 Å². The van der Waals surface area contributed by atoms with Crippen molar-refractivity contribution in [2.75, 3.05) is 6.61 Å². The first-order chi connectivity index (χ1) is 16.9. The third kappa shape index (κ3) is 7.64. The highest BCUT2D eigenvalue weighted by atomic mass is 19.1. The maximum atomic E-state index is 14.0. The number of para-hydroxylation sites is 1. The van der Waals surface area contributed by atoms with Crippen LogP contribution in [0.15, 0.2) is 78.9 Å². The first-order valence-electron chi connectivity index (χ1n) is 11.6. The number of benzene rings is 3. The van der Waals surface area contributed by atoms with Crippen molar-refractivity contribution >= 4 is 11.8 Å². The zero-order valence-corrected chi connectivity index (χ0v) is 19.9. The summed E-state index contributed by atoms with van der Waals surface area (Å²) in [5.74, 6) is -1.82. The molecule has 0 aromatic heterocycles. The molecule has 0 saturated heterocycles. The van der Waals surface area contributed by atoms with Gasteiger partial charge in [-0.15, -0.1) is 0 Å². The van der Waals surface area contributed by atoms with Gasteiger partial charge in [-0.1, -0.05) is 61.5 Å². The largest absolute Gasteiger partial charge is 0.481 e. The average Bonchev–Trinajstić information content (AvgIpc) is 2.87. The molecule has 0 radical (unpaired) electrons. The van der Waals surface area contributed by atoms with Crippen LogP contribution in [0.2, 0.25) is 0 Å². The molecular weight excluding hydrogens is 450 g/mol. The van der Waals surface area contributed by atoms with E-state index in [1.807, 2.05) is 44.2 Å². The summed E-state index contributed by atoms with van der Waals surface area (Å²) in [5.41, 5.74) is 1.53. The summed E-state index contributed by atoms with van der Waals surface area (Å²) < 4.78 is 33.0. The fraction of sp³-hybridized carbons (Fsp3) is 0.286. The monoisotopic (exact) mass is 480 g/mol. The van der Waals surface area contributed by atoms with Gasteiger partial charge in [-0.25, -0.2) is 8.78 Å². The summed E-state index contributed by atoms with van der Waals surface area (Å²) in [6, 6.07) is 20.0. The van der Waals surface area contributed by atoms with Crippen molar-refractivity contribution in [2.45, 2.75) is 45.3 Å². The van der Waals surface area contributed by atoms with Crippen molar-refractivity contribution < 1.29 is 23.1 Å². The molecule has 0 fully saturated rings. The molecule has 2 amide bonds. The molecule has 3 aromatic carbocycles. The van der Waals surface area contributed by atoms with Crippen molar-refractivity contribution in [3.63, 3.8) is 0 Å². The van der Waals surface area contributed by atoms with Crippen LogP contribution in [-0.4, -0.2) is 35.4 Å². The van der Waals surface area contributed by atoms with Crippen molar-refractivity contribution in [3.05, 3.63) is 102 Å². The van der Waals surface area contributed by atoms with E-state index in [1.165, 1.54) is 35.2 Å². The van der Waals surface area contributed by atoms with Crippen LogP contribution in [0.3, 0.4) is 0 Å². The van der Waals surface area contributed by atoms with Gasteiger partial charge in [-0.3, -0.25) is 9.59 Å². The van der Waals surface area contributed by atoms with E-state index >= 15 is 0 Å². The molecule has 0 aliphatic carbocycles. The molecular formula is C28H30F2N2O3. The topological polar surface area (TPSA) is 58.6 Å². The molecule has 7 heteroatoms. The van der Waals surface area contributed by atoms with E-state index in [1.54, 1.807) is 18.2 Å². The predicted octanol–water partition coefficient (Wildman–Crippen LogP) is 4.90. The van der Waals surface area contributed by atoms with Crippen LogP contribution in [0.25, 0.3) is 0 Å². The van der Waals surface area contributed by atoms with E-state index in [0.717, 1.165) is 12.0 Å². The van der Waals surface area contributed by atoms with Crippen LogP contribution in [-0.2, 0) is 22.6 Å². The van der Waals surface area contributed by atoms with Gasteiger partial charge < -0.3 is 15.0 Å². The summed E-state index contributed by atoms with van der Waals surface area (Å²) in [6.45, 7) is 3.46. The number of carbonyl (C=O) groups is 2. The second-order valence-corrected chi connectivity index (χ2v) is 8.39. The summed E-state index contributed by atoms with van der Waals surface area (Å²) in [4.78, 5) is 28.2. The van der Waals surface area contributed by atoms with E-state index < -0.39 is 30.2 Å². The molecule has 35 heavy (non-hydrogen) atoms. The number of ether oxygens (including phenoxy) is 1. The standard InChI is InChI=1S/C28H30F2N2O3/c1-3-20(2)31-28(34)25(17-21-9-5-4-6-10-21)32(18-22-13-15-23(29)16-14-22)27(33)19-35-26-12-8-7-11-24(26)30/h4-16,20,25H,3,17-19H2,1-2H3,(H,31,34). The Morgan fingerprint density at radius 1 is 0.914 bits per heavy atom. The highest BCUT2D eigenvalue weighted by molar-refractivity contribution is 5.88. The Morgan fingerprint density at radius 2 is 1.57 bits per heavy atom.